The smallest absolute Gasteiger partial charge is 0.0695 e. The summed E-state index contributed by atoms with van der Waals surface area (Å²) in [7, 11) is 2.04. The fraction of sp³-hybridized carbons (Fsp3) is 1.00. The molecule has 1 fully saturated rings. The third-order valence-electron chi connectivity index (χ3n) is 2.93. The Morgan fingerprint density at radius 3 is 2.62 bits per heavy atom. The van der Waals surface area contributed by atoms with Crippen LogP contribution < -0.4 is 0 Å². The Morgan fingerprint density at radius 1 is 1.31 bits per heavy atom. The fourth-order valence-corrected chi connectivity index (χ4v) is 2.09. The Bertz CT molecular complexity index is 141. The number of aliphatic hydroxyl groups is 2. The molecule has 0 saturated heterocycles. The van der Waals surface area contributed by atoms with Crippen molar-refractivity contribution in [3.8, 4) is 0 Å². The number of likely N-dealkylation sites (N-methyl/N-ethyl adjacent to an activating group) is 1. The maximum absolute atomic E-state index is 9.73. The predicted molar refractivity (Wildman–Crippen MR) is 52.6 cm³/mol. The predicted octanol–water partition coefficient (Wildman–Crippen LogP) is 0.604. The highest BCUT2D eigenvalue weighted by Crippen LogP contribution is 2.22. The fourth-order valence-electron chi connectivity index (χ4n) is 2.09. The first-order valence-corrected chi connectivity index (χ1v) is 5.25. The van der Waals surface area contributed by atoms with E-state index >= 15 is 0 Å². The minimum absolute atomic E-state index is 0.155. The van der Waals surface area contributed by atoms with E-state index in [-0.39, 0.29) is 12.7 Å². The van der Waals surface area contributed by atoms with Gasteiger partial charge in [-0.25, -0.2) is 0 Å². The van der Waals surface area contributed by atoms with E-state index in [2.05, 4.69) is 4.90 Å². The SMILES string of the molecule is CN(CCCO)C1CCCCC1O. The zero-order valence-corrected chi connectivity index (χ0v) is 8.45. The van der Waals surface area contributed by atoms with E-state index in [4.69, 9.17) is 5.11 Å². The quantitative estimate of drug-likeness (QED) is 0.677. The van der Waals surface area contributed by atoms with Gasteiger partial charge in [0.15, 0.2) is 0 Å². The van der Waals surface area contributed by atoms with E-state index in [0.717, 1.165) is 32.2 Å². The molecule has 13 heavy (non-hydrogen) atoms. The first kappa shape index (κ1) is 11.0. The molecular weight excluding hydrogens is 166 g/mol. The number of nitrogens with zero attached hydrogens (tertiary/aromatic N) is 1. The molecule has 0 aromatic heterocycles. The molecule has 0 aliphatic heterocycles. The molecule has 1 aliphatic rings. The molecule has 0 amide bonds. The van der Waals surface area contributed by atoms with Gasteiger partial charge in [0.1, 0.15) is 0 Å². The van der Waals surface area contributed by atoms with E-state index in [1.807, 2.05) is 7.05 Å². The first-order valence-electron chi connectivity index (χ1n) is 5.25. The molecule has 0 radical (unpaired) electrons. The van der Waals surface area contributed by atoms with Crippen LogP contribution >= 0.6 is 0 Å². The van der Waals surface area contributed by atoms with Crippen LogP contribution in [0.2, 0.25) is 0 Å². The summed E-state index contributed by atoms with van der Waals surface area (Å²) in [6.07, 6.45) is 5.07. The van der Waals surface area contributed by atoms with Crippen LogP contribution in [0.15, 0.2) is 0 Å². The summed E-state index contributed by atoms with van der Waals surface area (Å²) in [6.45, 7) is 1.13. The van der Waals surface area contributed by atoms with Crippen LogP contribution in [-0.2, 0) is 0 Å². The second-order valence-electron chi connectivity index (χ2n) is 3.98. The van der Waals surface area contributed by atoms with Gasteiger partial charge in [-0.15, -0.1) is 0 Å². The van der Waals surface area contributed by atoms with Crippen molar-refractivity contribution in [2.45, 2.75) is 44.2 Å². The lowest BCUT2D eigenvalue weighted by Gasteiger charge is -2.35. The minimum Gasteiger partial charge on any atom is -0.396 e. The van der Waals surface area contributed by atoms with Crippen molar-refractivity contribution in [3.63, 3.8) is 0 Å². The minimum atomic E-state index is -0.155. The van der Waals surface area contributed by atoms with Gasteiger partial charge >= 0.3 is 0 Å². The second-order valence-corrected chi connectivity index (χ2v) is 3.98. The van der Waals surface area contributed by atoms with E-state index in [0.29, 0.717) is 6.04 Å². The molecule has 1 aliphatic carbocycles. The summed E-state index contributed by atoms with van der Waals surface area (Å²) in [5.74, 6) is 0. The third-order valence-corrected chi connectivity index (χ3v) is 2.93. The standard InChI is InChI=1S/C10H21NO2/c1-11(7-4-8-12)9-5-2-3-6-10(9)13/h9-10,12-13H,2-8H2,1H3. The molecule has 3 nitrogen and oxygen atoms in total. The van der Waals surface area contributed by atoms with Crippen molar-refractivity contribution in [3.05, 3.63) is 0 Å². The molecule has 3 heteroatoms. The lowest BCUT2D eigenvalue weighted by molar-refractivity contribution is 0.0299. The highest BCUT2D eigenvalue weighted by atomic mass is 16.3. The largest absolute Gasteiger partial charge is 0.396 e. The molecule has 0 bridgehead atoms. The molecule has 2 N–H and O–H groups in total. The summed E-state index contributed by atoms with van der Waals surface area (Å²) >= 11 is 0. The number of aliphatic hydroxyl groups excluding tert-OH is 2. The molecule has 78 valence electrons. The average molecular weight is 187 g/mol. The van der Waals surface area contributed by atoms with E-state index in [1.54, 1.807) is 0 Å². The molecule has 2 atom stereocenters. The Balaban J connectivity index is 2.30. The monoisotopic (exact) mass is 187 g/mol. The van der Waals surface area contributed by atoms with E-state index < -0.39 is 0 Å². The van der Waals surface area contributed by atoms with Gasteiger partial charge in [-0.3, -0.25) is 0 Å². The summed E-state index contributed by atoms with van der Waals surface area (Å²) in [5, 5.41) is 18.4. The summed E-state index contributed by atoms with van der Waals surface area (Å²) in [4.78, 5) is 2.18. The summed E-state index contributed by atoms with van der Waals surface area (Å²) < 4.78 is 0. The molecular formula is C10H21NO2. The van der Waals surface area contributed by atoms with E-state index in [1.165, 1.54) is 6.42 Å². The van der Waals surface area contributed by atoms with Crippen LogP contribution in [0.3, 0.4) is 0 Å². The van der Waals surface area contributed by atoms with Crippen LogP contribution in [0.4, 0.5) is 0 Å². The van der Waals surface area contributed by atoms with Gasteiger partial charge in [-0.2, -0.15) is 0 Å². The van der Waals surface area contributed by atoms with Crippen molar-refractivity contribution in [2.24, 2.45) is 0 Å². The van der Waals surface area contributed by atoms with Crippen molar-refractivity contribution in [2.75, 3.05) is 20.2 Å². The molecule has 1 rings (SSSR count). The second kappa shape index (κ2) is 5.58. The van der Waals surface area contributed by atoms with Crippen molar-refractivity contribution in [1.29, 1.82) is 0 Å². The Labute approximate surface area is 80.4 Å². The van der Waals surface area contributed by atoms with Crippen LogP contribution in [0.25, 0.3) is 0 Å². The van der Waals surface area contributed by atoms with Gasteiger partial charge in [-0.1, -0.05) is 12.8 Å². The Kier molecular flexibility index (Phi) is 4.70. The van der Waals surface area contributed by atoms with Gasteiger partial charge in [0.2, 0.25) is 0 Å². The molecule has 1 saturated carbocycles. The van der Waals surface area contributed by atoms with Crippen LogP contribution in [-0.4, -0.2) is 47.5 Å². The van der Waals surface area contributed by atoms with E-state index in [9.17, 15) is 5.11 Å². The van der Waals surface area contributed by atoms with Crippen molar-refractivity contribution >= 4 is 0 Å². The Hall–Kier alpha value is -0.120. The van der Waals surface area contributed by atoms with Gasteiger partial charge < -0.3 is 15.1 Å². The molecule has 0 spiro atoms. The van der Waals surface area contributed by atoms with Gasteiger partial charge in [-0.05, 0) is 26.3 Å². The zero-order chi connectivity index (χ0) is 9.68. The topological polar surface area (TPSA) is 43.7 Å². The lowest BCUT2D eigenvalue weighted by atomic mass is 9.91. The maximum atomic E-state index is 9.73. The normalized spacial score (nSPS) is 29.5. The zero-order valence-electron chi connectivity index (χ0n) is 8.45. The molecule has 0 aromatic carbocycles. The Morgan fingerprint density at radius 2 is 2.00 bits per heavy atom. The van der Waals surface area contributed by atoms with Crippen molar-refractivity contribution < 1.29 is 10.2 Å². The summed E-state index contributed by atoms with van der Waals surface area (Å²) in [6, 6.07) is 0.320. The van der Waals surface area contributed by atoms with Gasteiger partial charge in [0.25, 0.3) is 0 Å². The molecule has 2 unspecified atom stereocenters. The number of rotatable bonds is 4. The van der Waals surface area contributed by atoms with Crippen LogP contribution in [0.1, 0.15) is 32.1 Å². The van der Waals surface area contributed by atoms with Crippen LogP contribution in [0, 0.1) is 0 Å². The van der Waals surface area contributed by atoms with Crippen molar-refractivity contribution in [1.82, 2.24) is 4.90 Å². The average Bonchev–Trinajstić information content (AvgIpc) is 2.15. The molecule has 0 heterocycles. The highest BCUT2D eigenvalue weighted by Gasteiger charge is 2.25. The van der Waals surface area contributed by atoms with Crippen LogP contribution in [0.5, 0.6) is 0 Å². The summed E-state index contributed by atoms with van der Waals surface area (Å²) in [5.41, 5.74) is 0. The maximum Gasteiger partial charge on any atom is 0.0695 e. The third kappa shape index (κ3) is 3.25. The van der Waals surface area contributed by atoms with Gasteiger partial charge in [0.05, 0.1) is 6.10 Å². The van der Waals surface area contributed by atoms with Gasteiger partial charge in [0, 0.05) is 19.2 Å². The lowest BCUT2D eigenvalue weighted by Crippen LogP contribution is -2.43. The molecule has 0 aromatic rings. The highest BCUT2D eigenvalue weighted by molar-refractivity contribution is 4.81. The number of hydrogen-bond donors (Lipinski definition) is 2. The first-order chi connectivity index (χ1) is 6.25. The number of hydrogen-bond acceptors (Lipinski definition) is 3.